The van der Waals surface area contributed by atoms with Crippen LogP contribution in [0.15, 0.2) is 72.1 Å². The van der Waals surface area contributed by atoms with E-state index in [0.29, 0.717) is 33.1 Å². The first-order valence-electron chi connectivity index (χ1n) is 10.6. The highest BCUT2D eigenvalue weighted by Crippen LogP contribution is 2.29. The molecule has 0 bridgehead atoms. The van der Waals surface area contributed by atoms with Crippen LogP contribution in [-0.2, 0) is 4.79 Å². The van der Waals surface area contributed by atoms with Gasteiger partial charge in [0.05, 0.1) is 11.4 Å². The lowest BCUT2D eigenvalue weighted by atomic mass is 9.84. The summed E-state index contributed by atoms with van der Waals surface area (Å²) < 4.78 is 1.85. The Kier molecular flexibility index (Phi) is 5.59. The molecule has 0 radical (unpaired) electrons. The fourth-order valence-electron chi connectivity index (χ4n) is 4.07. The molecule has 1 aromatic heterocycles. The third-order valence-corrected chi connectivity index (χ3v) is 6.61. The van der Waals surface area contributed by atoms with Crippen LogP contribution < -0.4 is 5.32 Å². The van der Waals surface area contributed by atoms with Gasteiger partial charge < -0.3 is 5.32 Å². The average Bonchev–Trinajstić information content (AvgIpc) is 3.29. The van der Waals surface area contributed by atoms with Crippen LogP contribution in [0.25, 0.3) is 5.69 Å². The Morgan fingerprint density at radius 3 is 2.35 bits per heavy atom. The van der Waals surface area contributed by atoms with Gasteiger partial charge in [-0.15, -0.1) is 10.2 Å². The topological polar surface area (TPSA) is 93.9 Å². The van der Waals surface area contributed by atoms with Gasteiger partial charge in [-0.1, -0.05) is 53.7 Å². The van der Waals surface area contributed by atoms with Gasteiger partial charge in [-0.05, 0) is 43.7 Å². The predicted molar refractivity (Wildman–Crippen MR) is 130 cm³/mol. The molecule has 7 nitrogen and oxygen atoms in total. The maximum atomic E-state index is 12.9. The van der Waals surface area contributed by atoms with Crippen molar-refractivity contribution in [1.29, 1.82) is 0 Å². The number of anilines is 1. The molecule has 0 atom stereocenters. The summed E-state index contributed by atoms with van der Waals surface area (Å²) in [5.41, 5.74) is 5.09. The maximum Gasteiger partial charge on any atom is 0.234 e. The van der Waals surface area contributed by atoms with E-state index in [1.54, 1.807) is 48.8 Å². The van der Waals surface area contributed by atoms with Crippen molar-refractivity contribution in [1.82, 2.24) is 14.8 Å². The second-order valence-electron chi connectivity index (χ2n) is 8.07. The van der Waals surface area contributed by atoms with E-state index in [-0.39, 0.29) is 23.2 Å². The summed E-state index contributed by atoms with van der Waals surface area (Å²) >= 11 is 1.27. The third kappa shape index (κ3) is 3.92. The Morgan fingerprint density at radius 1 is 0.912 bits per heavy atom. The van der Waals surface area contributed by atoms with E-state index in [9.17, 15) is 14.4 Å². The zero-order chi connectivity index (χ0) is 23.8. The van der Waals surface area contributed by atoms with E-state index in [4.69, 9.17) is 0 Å². The molecular formula is C26H20N4O3S. The molecule has 5 rings (SSSR count). The first-order valence-corrected chi connectivity index (χ1v) is 11.6. The Labute approximate surface area is 200 Å². The fraction of sp³-hybridized carbons (Fsp3) is 0.115. The number of fused-ring (bicyclic) bond motifs is 2. The molecule has 8 heteroatoms. The lowest BCUT2D eigenvalue weighted by Gasteiger charge is -2.18. The molecular weight excluding hydrogens is 448 g/mol. The van der Waals surface area contributed by atoms with E-state index in [1.807, 2.05) is 30.5 Å². The van der Waals surface area contributed by atoms with Crippen molar-refractivity contribution >= 4 is 34.9 Å². The standard InChI is InChI=1S/C26H20N4O3S/c1-15-7-10-22(16(2)11-15)30-14-27-29-26(30)34-13-23(31)28-17-8-9-20-21(12-17)25(33)19-6-4-3-5-18(19)24(20)32/h3-12,14H,13H2,1-2H3,(H,28,31). The molecule has 1 amide bonds. The van der Waals surface area contributed by atoms with Gasteiger partial charge in [0.15, 0.2) is 16.7 Å². The van der Waals surface area contributed by atoms with Crippen LogP contribution in [0.1, 0.15) is 43.0 Å². The SMILES string of the molecule is Cc1ccc(-n2cnnc2SCC(=O)Nc2ccc3c(c2)C(=O)c2ccccc2C3=O)c(C)c1. The molecule has 0 saturated carbocycles. The normalized spacial score (nSPS) is 12.3. The quantitative estimate of drug-likeness (QED) is 0.385. The van der Waals surface area contributed by atoms with E-state index in [1.165, 1.54) is 11.8 Å². The second-order valence-corrected chi connectivity index (χ2v) is 9.02. The highest BCUT2D eigenvalue weighted by Gasteiger charge is 2.29. The number of aryl methyl sites for hydroxylation is 2. The van der Waals surface area contributed by atoms with E-state index in [2.05, 4.69) is 21.6 Å². The zero-order valence-electron chi connectivity index (χ0n) is 18.5. The number of aromatic nitrogens is 3. The van der Waals surface area contributed by atoms with Gasteiger partial charge in [-0.3, -0.25) is 19.0 Å². The van der Waals surface area contributed by atoms with Crippen molar-refractivity contribution in [3.63, 3.8) is 0 Å². The van der Waals surface area contributed by atoms with Gasteiger partial charge in [0, 0.05) is 27.9 Å². The molecule has 1 aliphatic rings. The van der Waals surface area contributed by atoms with E-state index < -0.39 is 0 Å². The number of amides is 1. The largest absolute Gasteiger partial charge is 0.325 e. The molecule has 3 aromatic carbocycles. The highest BCUT2D eigenvalue weighted by molar-refractivity contribution is 7.99. The molecule has 1 N–H and O–H groups in total. The number of hydrogen-bond donors (Lipinski definition) is 1. The summed E-state index contributed by atoms with van der Waals surface area (Å²) in [6, 6.07) is 17.7. The van der Waals surface area contributed by atoms with Crippen molar-refractivity contribution in [3.05, 3.63) is 100 Å². The molecule has 1 heterocycles. The van der Waals surface area contributed by atoms with Crippen LogP contribution in [0.4, 0.5) is 5.69 Å². The van der Waals surface area contributed by atoms with Crippen LogP contribution in [0, 0.1) is 13.8 Å². The van der Waals surface area contributed by atoms with Crippen LogP contribution >= 0.6 is 11.8 Å². The number of thioether (sulfide) groups is 1. The van der Waals surface area contributed by atoms with Gasteiger partial charge in [-0.25, -0.2) is 0 Å². The van der Waals surface area contributed by atoms with Gasteiger partial charge >= 0.3 is 0 Å². The maximum absolute atomic E-state index is 12.9. The minimum absolute atomic E-state index is 0.108. The van der Waals surface area contributed by atoms with Crippen LogP contribution in [0.3, 0.4) is 0 Å². The van der Waals surface area contributed by atoms with Crippen LogP contribution in [0.2, 0.25) is 0 Å². The monoisotopic (exact) mass is 468 g/mol. The predicted octanol–water partition coefficient (Wildman–Crippen LogP) is 4.39. The first-order chi connectivity index (χ1) is 16.4. The zero-order valence-corrected chi connectivity index (χ0v) is 19.3. The number of carbonyl (C=O) groups excluding carboxylic acids is 3. The van der Waals surface area contributed by atoms with Crippen molar-refractivity contribution in [3.8, 4) is 5.69 Å². The lowest BCUT2D eigenvalue weighted by Crippen LogP contribution is -2.21. The summed E-state index contributed by atoms with van der Waals surface area (Å²) in [5, 5.41) is 11.6. The number of carbonyl (C=O) groups is 3. The second kappa shape index (κ2) is 8.72. The summed E-state index contributed by atoms with van der Waals surface area (Å²) in [4.78, 5) is 38.3. The van der Waals surface area contributed by atoms with Gasteiger partial charge in [-0.2, -0.15) is 0 Å². The number of ketones is 2. The highest BCUT2D eigenvalue weighted by atomic mass is 32.2. The summed E-state index contributed by atoms with van der Waals surface area (Å²) in [6.07, 6.45) is 1.63. The van der Waals surface area contributed by atoms with E-state index in [0.717, 1.165) is 16.8 Å². The molecule has 34 heavy (non-hydrogen) atoms. The van der Waals surface area contributed by atoms with Crippen molar-refractivity contribution in [2.45, 2.75) is 19.0 Å². The minimum atomic E-state index is -0.255. The van der Waals surface area contributed by atoms with Gasteiger partial charge in [0.2, 0.25) is 5.91 Å². The summed E-state index contributed by atoms with van der Waals surface area (Å²) in [6.45, 7) is 4.05. The summed E-state index contributed by atoms with van der Waals surface area (Å²) in [5.74, 6) is -0.562. The Balaban J connectivity index is 1.30. The van der Waals surface area contributed by atoms with Crippen molar-refractivity contribution < 1.29 is 14.4 Å². The smallest absolute Gasteiger partial charge is 0.234 e. The number of nitrogens with one attached hydrogen (secondary N) is 1. The molecule has 0 spiro atoms. The van der Waals surface area contributed by atoms with Gasteiger partial charge in [0.1, 0.15) is 6.33 Å². The summed E-state index contributed by atoms with van der Waals surface area (Å²) in [7, 11) is 0. The van der Waals surface area contributed by atoms with Crippen LogP contribution in [0.5, 0.6) is 0 Å². The molecule has 0 saturated heterocycles. The molecule has 1 aliphatic carbocycles. The number of rotatable bonds is 5. The number of benzene rings is 3. The fourth-order valence-corrected chi connectivity index (χ4v) is 4.79. The number of hydrogen-bond acceptors (Lipinski definition) is 6. The van der Waals surface area contributed by atoms with Crippen LogP contribution in [-0.4, -0.2) is 38.0 Å². The molecule has 0 fully saturated rings. The Hall–Kier alpha value is -4.04. The Morgan fingerprint density at radius 2 is 1.62 bits per heavy atom. The molecule has 0 aliphatic heterocycles. The van der Waals surface area contributed by atoms with Crippen molar-refractivity contribution in [2.24, 2.45) is 0 Å². The molecule has 4 aromatic rings. The van der Waals surface area contributed by atoms with Crippen molar-refractivity contribution in [2.75, 3.05) is 11.1 Å². The first kappa shape index (κ1) is 21.8. The van der Waals surface area contributed by atoms with E-state index >= 15 is 0 Å². The number of nitrogens with zero attached hydrogens (tertiary/aromatic N) is 3. The molecule has 0 unspecified atom stereocenters. The average molecular weight is 469 g/mol. The lowest BCUT2D eigenvalue weighted by molar-refractivity contribution is -0.113. The Bertz CT molecular complexity index is 1470. The van der Waals surface area contributed by atoms with Gasteiger partial charge in [0.25, 0.3) is 0 Å². The minimum Gasteiger partial charge on any atom is -0.325 e. The third-order valence-electron chi connectivity index (χ3n) is 5.67. The molecule has 168 valence electrons.